The molecule has 0 aliphatic carbocycles. The number of hydrogen-bond donors (Lipinski definition) is 0. The van der Waals surface area contributed by atoms with Crippen molar-refractivity contribution in [2.45, 2.75) is 19.8 Å². The minimum Gasteiger partial charge on any atom is -0.445 e. The van der Waals surface area contributed by atoms with E-state index in [1.54, 1.807) is 12.1 Å². The summed E-state index contributed by atoms with van der Waals surface area (Å²) in [7, 11) is 0.275. The van der Waals surface area contributed by atoms with E-state index in [0.29, 0.717) is 5.56 Å². The molecule has 4 heteroatoms. The molecule has 1 aromatic carbocycles. The van der Waals surface area contributed by atoms with Gasteiger partial charge in [-0.1, -0.05) is 33.6 Å². The van der Waals surface area contributed by atoms with Gasteiger partial charge in [-0.25, -0.2) is 4.79 Å². The standard InChI is InChI=1S/C12H16BrO2P/c1-10-4-6-11(7-5-10)12(14)15-16-9-3-2-8-13/h4-7,16H,2-3,8-9H2,1H3. The molecule has 0 radical (unpaired) electrons. The van der Waals surface area contributed by atoms with Crippen LogP contribution in [0.4, 0.5) is 0 Å². The Hall–Kier alpha value is -0.400. The molecule has 0 amide bonds. The Morgan fingerprint density at radius 1 is 1.31 bits per heavy atom. The minimum absolute atomic E-state index is 0.211. The first-order valence-electron chi connectivity index (χ1n) is 5.30. The van der Waals surface area contributed by atoms with Crippen LogP contribution in [0, 0.1) is 6.92 Å². The van der Waals surface area contributed by atoms with Crippen molar-refractivity contribution in [3.8, 4) is 0 Å². The molecular formula is C12H16BrO2P. The minimum atomic E-state index is -0.211. The van der Waals surface area contributed by atoms with E-state index in [1.807, 2.05) is 19.1 Å². The zero-order chi connectivity index (χ0) is 11.8. The van der Waals surface area contributed by atoms with Crippen LogP contribution in [-0.2, 0) is 4.52 Å². The van der Waals surface area contributed by atoms with E-state index in [1.165, 1.54) is 0 Å². The molecule has 1 aromatic rings. The topological polar surface area (TPSA) is 26.3 Å². The lowest BCUT2D eigenvalue weighted by Crippen LogP contribution is -1.99. The maximum absolute atomic E-state index is 11.6. The van der Waals surface area contributed by atoms with E-state index in [0.717, 1.165) is 29.9 Å². The molecule has 0 aromatic heterocycles. The molecule has 0 saturated heterocycles. The first kappa shape index (κ1) is 13.7. The molecule has 0 spiro atoms. The number of aryl methyl sites for hydroxylation is 1. The highest BCUT2D eigenvalue weighted by Crippen LogP contribution is 2.18. The molecule has 0 aliphatic heterocycles. The monoisotopic (exact) mass is 302 g/mol. The van der Waals surface area contributed by atoms with Crippen molar-refractivity contribution >= 4 is 30.7 Å². The van der Waals surface area contributed by atoms with Gasteiger partial charge >= 0.3 is 5.97 Å². The fourth-order valence-electron chi connectivity index (χ4n) is 1.16. The highest BCUT2D eigenvalue weighted by molar-refractivity contribution is 9.09. The summed E-state index contributed by atoms with van der Waals surface area (Å²) in [5.41, 5.74) is 1.79. The molecule has 0 bridgehead atoms. The molecule has 0 heterocycles. The predicted molar refractivity (Wildman–Crippen MR) is 72.8 cm³/mol. The van der Waals surface area contributed by atoms with E-state index in [4.69, 9.17) is 4.52 Å². The van der Waals surface area contributed by atoms with Gasteiger partial charge in [0.25, 0.3) is 0 Å². The lowest BCUT2D eigenvalue weighted by molar-refractivity contribution is 0.0760. The van der Waals surface area contributed by atoms with Gasteiger partial charge in [-0.05, 0) is 31.9 Å². The van der Waals surface area contributed by atoms with Gasteiger partial charge in [0.05, 0.1) is 14.4 Å². The van der Waals surface area contributed by atoms with Gasteiger partial charge in [-0.15, -0.1) is 0 Å². The quantitative estimate of drug-likeness (QED) is 0.452. The van der Waals surface area contributed by atoms with Crippen LogP contribution in [-0.4, -0.2) is 17.5 Å². The Morgan fingerprint density at radius 3 is 2.62 bits per heavy atom. The van der Waals surface area contributed by atoms with E-state index in [9.17, 15) is 4.79 Å². The summed E-state index contributed by atoms with van der Waals surface area (Å²) in [4.78, 5) is 11.6. The summed E-state index contributed by atoms with van der Waals surface area (Å²) >= 11 is 3.37. The second kappa shape index (κ2) is 7.81. The van der Waals surface area contributed by atoms with Crippen molar-refractivity contribution in [1.82, 2.24) is 0 Å². The van der Waals surface area contributed by atoms with Crippen LogP contribution in [0.5, 0.6) is 0 Å². The molecule has 1 atom stereocenters. The second-order valence-corrected chi connectivity index (χ2v) is 5.33. The summed E-state index contributed by atoms with van der Waals surface area (Å²) in [6.07, 6.45) is 3.20. The van der Waals surface area contributed by atoms with Crippen LogP contribution >= 0.6 is 24.7 Å². The number of carbonyl (C=O) groups is 1. The fourth-order valence-corrected chi connectivity index (χ4v) is 2.30. The van der Waals surface area contributed by atoms with Gasteiger partial charge in [0.1, 0.15) is 0 Å². The molecule has 0 saturated carbocycles. The smallest absolute Gasteiger partial charge is 0.340 e. The third-order valence-corrected chi connectivity index (χ3v) is 3.56. The van der Waals surface area contributed by atoms with Crippen LogP contribution in [0.1, 0.15) is 28.8 Å². The van der Waals surface area contributed by atoms with Crippen LogP contribution in [0.25, 0.3) is 0 Å². The zero-order valence-electron chi connectivity index (χ0n) is 9.33. The number of hydrogen-bond acceptors (Lipinski definition) is 2. The first-order valence-corrected chi connectivity index (χ1v) is 7.54. The van der Waals surface area contributed by atoms with Crippen LogP contribution in [0.15, 0.2) is 24.3 Å². The first-order chi connectivity index (χ1) is 7.74. The lowest BCUT2D eigenvalue weighted by Gasteiger charge is -2.04. The molecular weight excluding hydrogens is 287 g/mol. The lowest BCUT2D eigenvalue weighted by atomic mass is 10.2. The van der Waals surface area contributed by atoms with Crippen LogP contribution < -0.4 is 0 Å². The average Bonchev–Trinajstić information content (AvgIpc) is 2.29. The van der Waals surface area contributed by atoms with E-state index >= 15 is 0 Å². The van der Waals surface area contributed by atoms with Gasteiger partial charge in [0, 0.05) is 11.5 Å². The Kier molecular flexibility index (Phi) is 6.67. The van der Waals surface area contributed by atoms with Gasteiger partial charge < -0.3 is 4.52 Å². The maximum atomic E-state index is 11.6. The van der Waals surface area contributed by atoms with E-state index in [2.05, 4.69) is 15.9 Å². The highest BCUT2D eigenvalue weighted by atomic mass is 79.9. The van der Waals surface area contributed by atoms with Crippen molar-refractivity contribution in [1.29, 1.82) is 0 Å². The van der Waals surface area contributed by atoms with Crippen molar-refractivity contribution in [2.24, 2.45) is 0 Å². The van der Waals surface area contributed by atoms with Gasteiger partial charge in [0.2, 0.25) is 0 Å². The number of halogens is 1. The van der Waals surface area contributed by atoms with Crippen molar-refractivity contribution in [2.75, 3.05) is 11.5 Å². The largest absolute Gasteiger partial charge is 0.445 e. The van der Waals surface area contributed by atoms with Crippen LogP contribution in [0.2, 0.25) is 0 Å². The predicted octanol–water partition coefficient (Wildman–Crippen LogP) is 3.92. The Morgan fingerprint density at radius 2 is 2.00 bits per heavy atom. The number of benzene rings is 1. The number of carbonyl (C=O) groups excluding carboxylic acids is 1. The Balaban J connectivity index is 2.27. The molecule has 0 fully saturated rings. The van der Waals surface area contributed by atoms with Crippen LogP contribution in [0.3, 0.4) is 0 Å². The zero-order valence-corrected chi connectivity index (χ0v) is 11.9. The maximum Gasteiger partial charge on any atom is 0.340 e. The summed E-state index contributed by atoms with van der Waals surface area (Å²) < 4.78 is 5.19. The van der Waals surface area contributed by atoms with E-state index in [-0.39, 0.29) is 14.8 Å². The van der Waals surface area contributed by atoms with E-state index < -0.39 is 0 Å². The average molecular weight is 303 g/mol. The number of rotatable bonds is 6. The molecule has 0 N–H and O–H groups in total. The number of unbranched alkanes of at least 4 members (excludes halogenated alkanes) is 1. The van der Waals surface area contributed by atoms with Crippen molar-refractivity contribution in [3.63, 3.8) is 0 Å². The Bertz CT molecular complexity index is 324. The second-order valence-electron chi connectivity index (χ2n) is 3.55. The fraction of sp³-hybridized carbons (Fsp3) is 0.417. The summed E-state index contributed by atoms with van der Waals surface area (Å²) in [6.45, 7) is 2.00. The number of alkyl halides is 1. The summed E-state index contributed by atoms with van der Waals surface area (Å²) in [5, 5.41) is 1.02. The van der Waals surface area contributed by atoms with Gasteiger partial charge in [-0.2, -0.15) is 0 Å². The molecule has 2 nitrogen and oxygen atoms in total. The SMILES string of the molecule is Cc1ccc(C(=O)OPCCCCBr)cc1. The van der Waals surface area contributed by atoms with Crippen molar-refractivity contribution in [3.05, 3.63) is 35.4 Å². The van der Waals surface area contributed by atoms with Gasteiger partial charge in [0.15, 0.2) is 0 Å². The van der Waals surface area contributed by atoms with Gasteiger partial charge in [-0.3, -0.25) is 0 Å². The molecule has 16 heavy (non-hydrogen) atoms. The molecule has 0 aliphatic rings. The normalized spacial score (nSPS) is 10.9. The third kappa shape index (κ3) is 5.09. The molecule has 1 rings (SSSR count). The van der Waals surface area contributed by atoms with Crippen molar-refractivity contribution < 1.29 is 9.32 Å². The molecule has 1 unspecified atom stereocenters. The third-order valence-electron chi connectivity index (χ3n) is 2.11. The summed E-state index contributed by atoms with van der Waals surface area (Å²) in [6, 6.07) is 7.45. The molecule has 88 valence electrons. The highest BCUT2D eigenvalue weighted by Gasteiger charge is 2.05. The Labute approximate surface area is 107 Å². The summed E-state index contributed by atoms with van der Waals surface area (Å²) in [5.74, 6) is -0.211.